The number of fused-ring (bicyclic) bond motifs is 1. The Bertz CT molecular complexity index is 460. The molecule has 8 heteroatoms. The Labute approximate surface area is 97.1 Å². The zero-order valence-electron chi connectivity index (χ0n) is 9.18. The lowest BCUT2D eigenvalue weighted by molar-refractivity contribution is 0.138. The molecule has 6 N–H and O–H groups in total. The van der Waals surface area contributed by atoms with E-state index in [4.69, 9.17) is 10.8 Å². The van der Waals surface area contributed by atoms with Crippen LogP contribution in [0.5, 0.6) is 0 Å². The van der Waals surface area contributed by atoms with Crippen molar-refractivity contribution < 1.29 is 10.2 Å². The minimum absolute atomic E-state index is 0.0408. The van der Waals surface area contributed by atoms with Gasteiger partial charge in [-0.05, 0) is 6.42 Å². The second-order valence-corrected chi connectivity index (χ2v) is 3.87. The van der Waals surface area contributed by atoms with Gasteiger partial charge in [0.05, 0.1) is 12.8 Å². The van der Waals surface area contributed by atoms with E-state index in [9.17, 15) is 9.90 Å². The van der Waals surface area contributed by atoms with Gasteiger partial charge in [-0.1, -0.05) is 0 Å². The highest BCUT2D eigenvalue weighted by Crippen LogP contribution is 2.25. The molecule has 0 amide bonds. The average molecular weight is 241 g/mol. The summed E-state index contributed by atoms with van der Waals surface area (Å²) in [5, 5.41) is 21.2. The molecule has 0 fully saturated rings. The lowest BCUT2D eigenvalue weighted by Gasteiger charge is -2.20. The average Bonchev–Trinajstić information content (AvgIpc) is 2.62. The highest BCUT2D eigenvalue weighted by atomic mass is 16.3. The molecule has 1 atom stereocenters. The summed E-state index contributed by atoms with van der Waals surface area (Å²) in [5.74, 6) is 0.474. The van der Waals surface area contributed by atoms with E-state index in [0.29, 0.717) is 18.2 Å². The number of anilines is 3. The van der Waals surface area contributed by atoms with E-state index in [0.717, 1.165) is 0 Å². The molecule has 0 aliphatic carbocycles. The fourth-order valence-electron chi connectivity index (χ4n) is 1.76. The van der Waals surface area contributed by atoms with E-state index in [1.54, 1.807) is 4.90 Å². The molecule has 0 saturated carbocycles. The Kier molecular flexibility index (Phi) is 3.16. The predicted molar refractivity (Wildman–Crippen MR) is 62.8 cm³/mol. The van der Waals surface area contributed by atoms with Crippen molar-refractivity contribution in [2.75, 3.05) is 35.8 Å². The van der Waals surface area contributed by atoms with Crippen LogP contribution in [0.2, 0.25) is 0 Å². The number of nitrogens with zero attached hydrogens (tertiary/aromatic N) is 2. The largest absolute Gasteiger partial charge is 0.396 e. The molecule has 0 aromatic carbocycles. The van der Waals surface area contributed by atoms with Gasteiger partial charge in [-0.2, -0.15) is 4.98 Å². The van der Waals surface area contributed by atoms with Gasteiger partial charge in [-0.3, -0.25) is 9.78 Å². The number of aromatic nitrogens is 2. The maximum absolute atomic E-state index is 11.5. The molecule has 2 rings (SSSR count). The summed E-state index contributed by atoms with van der Waals surface area (Å²) in [6, 6.07) is 0. The van der Waals surface area contributed by atoms with Crippen LogP contribution < -0.4 is 21.5 Å². The predicted octanol–water partition coefficient (Wildman–Crippen LogP) is -1.72. The first-order valence-electron chi connectivity index (χ1n) is 5.29. The molecule has 17 heavy (non-hydrogen) atoms. The summed E-state index contributed by atoms with van der Waals surface area (Å²) in [5.41, 5.74) is 5.49. The number of H-pyrrole nitrogens is 1. The fraction of sp³-hybridized carbons (Fsp3) is 0.556. The van der Waals surface area contributed by atoms with Gasteiger partial charge in [0.1, 0.15) is 5.69 Å². The number of nitrogens with one attached hydrogen (secondary N) is 2. The third-order valence-corrected chi connectivity index (χ3v) is 2.56. The number of β-amino-alcohol motifs (C(OH)–C–C–N with tert-alkyl or cyclic N) is 1. The SMILES string of the molecule is Nc1nc2c(c(=O)[nH]1)NCN2CC(O)CCO. The van der Waals surface area contributed by atoms with Gasteiger partial charge in [0.2, 0.25) is 5.95 Å². The third-order valence-electron chi connectivity index (χ3n) is 2.56. The summed E-state index contributed by atoms with van der Waals surface area (Å²) >= 11 is 0. The number of hydrogen-bond acceptors (Lipinski definition) is 7. The van der Waals surface area contributed by atoms with Gasteiger partial charge in [-0.15, -0.1) is 0 Å². The third kappa shape index (κ3) is 2.32. The normalized spacial score (nSPS) is 15.5. The van der Waals surface area contributed by atoms with Gasteiger partial charge in [0.25, 0.3) is 5.56 Å². The zero-order chi connectivity index (χ0) is 12.4. The Balaban J connectivity index is 2.19. The van der Waals surface area contributed by atoms with Crippen LogP contribution in [0, 0.1) is 0 Å². The van der Waals surface area contributed by atoms with E-state index in [1.807, 2.05) is 0 Å². The summed E-state index contributed by atoms with van der Waals surface area (Å²) < 4.78 is 0. The Morgan fingerprint density at radius 3 is 3.06 bits per heavy atom. The second-order valence-electron chi connectivity index (χ2n) is 3.87. The number of nitrogen functional groups attached to an aromatic ring is 1. The first-order chi connectivity index (χ1) is 8.11. The maximum Gasteiger partial charge on any atom is 0.277 e. The number of hydrogen-bond donors (Lipinski definition) is 5. The van der Waals surface area contributed by atoms with Crippen molar-refractivity contribution in [3.63, 3.8) is 0 Å². The summed E-state index contributed by atoms with van der Waals surface area (Å²) in [6.07, 6.45) is -0.389. The Morgan fingerprint density at radius 1 is 1.59 bits per heavy atom. The van der Waals surface area contributed by atoms with Crippen LogP contribution in [0.1, 0.15) is 6.42 Å². The Hall–Kier alpha value is -1.80. The van der Waals surface area contributed by atoms with Crippen molar-refractivity contribution in [3.8, 4) is 0 Å². The molecule has 2 heterocycles. The molecule has 8 nitrogen and oxygen atoms in total. The molecule has 1 unspecified atom stereocenters. The lowest BCUT2D eigenvalue weighted by atomic mass is 10.2. The van der Waals surface area contributed by atoms with Crippen LogP contribution in [0.25, 0.3) is 0 Å². The summed E-state index contributed by atoms with van der Waals surface area (Å²) in [4.78, 5) is 19.6. The van der Waals surface area contributed by atoms with Crippen molar-refractivity contribution >= 4 is 17.5 Å². The highest BCUT2D eigenvalue weighted by molar-refractivity contribution is 5.70. The molecule has 94 valence electrons. The van der Waals surface area contributed by atoms with Crippen molar-refractivity contribution in [1.82, 2.24) is 9.97 Å². The first-order valence-corrected chi connectivity index (χ1v) is 5.29. The zero-order valence-corrected chi connectivity index (χ0v) is 9.18. The first kappa shape index (κ1) is 11.7. The van der Waals surface area contributed by atoms with Gasteiger partial charge in [-0.25, -0.2) is 0 Å². The van der Waals surface area contributed by atoms with Crippen molar-refractivity contribution in [3.05, 3.63) is 10.4 Å². The molecule has 0 saturated heterocycles. The van der Waals surface area contributed by atoms with Gasteiger partial charge < -0.3 is 26.2 Å². The van der Waals surface area contributed by atoms with Gasteiger partial charge in [0.15, 0.2) is 5.82 Å². The number of nitrogens with two attached hydrogens (primary N) is 1. The van der Waals surface area contributed by atoms with Crippen LogP contribution in [-0.4, -0.2) is 46.1 Å². The van der Waals surface area contributed by atoms with E-state index in [1.165, 1.54) is 0 Å². The minimum atomic E-state index is -0.671. The van der Waals surface area contributed by atoms with E-state index in [2.05, 4.69) is 15.3 Å². The lowest BCUT2D eigenvalue weighted by Crippen LogP contribution is -2.33. The molecule has 1 aromatic rings. The van der Waals surface area contributed by atoms with Crippen molar-refractivity contribution in [1.29, 1.82) is 0 Å². The fourth-order valence-corrected chi connectivity index (χ4v) is 1.76. The van der Waals surface area contributed by atoms with Crippen molar-refractivity contribution in [2.24, 2.45) is 0 Å². The molecule has 1 aromatic heterocycles. The molecular formula is C9H15N5O3. The Morgan fingerprint density at radius 2 is 2.35 bits per heavy atom. The van der Waals surface area contributed by atoms with Crippen LogP contribution in [0.4, 0.5) is 17.5 Å². The monoisotopic (exact) mass is 241 g/mol. The van der Waals surface area contributed by atoms with E-state index in [-0.39, 0.29) is 31.1 Å². The highest BCUT2D eigenvalue weighted by Gasteiger charge is 2.25. The number of aliphatic hydroxyl groups is 2. The minimum Gasteiger partial charge on any atom is -0.396 e. The molecule has 0 spiro atoms. The van der Waals surface area contributed by atoms with Gasteiger partial charge >= 0.3 is 0 Å². The van der Waals surface area contributed by atoms with E-state index < -0.39 is 6.10 Å². The number of aliphatic hydroxyl groups excluding tert-OH is 2. The summed E-state index contributed by atoms with van der Waals surface area (Å²) in [7, 11) is 0. The molecule has 0 radical (unpaired) electrons. The second kappa shape index (κ2) is 4.60. The maximum atomic E-state index is 11.5. The quantitative estimate of drug-likeness (QED) is 0.424. The smallest absolute Gasteiger partial charge is 0.277 e. The number of aromatic amines is 1. The molecule has 1 aliphatic rings. The number of rotatable bonds is 4. The van der Waals surface area contributed by atoms with E-state index >= 15 is 0 Å². The van der Waals surface area contributed by atoms with Crippen LogP contribution in [0.15, 0.2) is 4.79 Å². The molecule has 0 bridgehead atoms. The van der Waals surface area contributed by atoms with Crippen LogP contribution in [0.3, 0.4) is 0 Å². The van der Waals surface area contributed by atoms with Crippen LogP contribution in [-0.2, 0) is 0 Å². The molecular weight excluding hydrogens is 226 g/mol. The molecule has 1 aliphatic heterocycles. The summed E-state index contributed by atoms with van der Waals surface area (Å²) in [6.45, 7) is 0.591. The topological polar surface area (TPSA) is 128 Å². The van der Waals surface area contributed by atoms with Crippen LogP contribution >= 0.6 is 0 Å². The standard InChI is InChI=1S/C9H15N5O3/c10-9-12-7-6(8(17)13-9)11-4-14(7)3-5(16)1-2-15/h5,11,15-16H,1-4H2,(H3,10,12,13,17). The van der Waals surface area contributed by atoms with Crippen molar-refractivity contribution in [2.45, 2.75) is 12.5 Å². The van der Waals surface area contributed by atoms with Gasteiger partial charge in [0, 0.05) is 13.2 Å².